The molecule has 8 nitrogen and oxygen atoms in total. The molecule has 1 aliphatic rings. The number of nitrogens with zero attached hydrogens (tertiary/aromatic N) is 1. The molecule has 1 saturated heterocycles. The molecule has 26 heavy (non-hydrogen) atoms. The monoisotopic (exact) mass is 365 g/mol. The molecule has 0 radical (unpaired) electrons. The number of carbonyl (C=O) groups excluding carboxylic acids is 3. The highest BCUT2D eigenvalue weighted by atomic mass is 19.1. The summed E-state index contributed by atoms with van der Waals surface area (Å²) in [5.41, 5.74) is 0.493. The second kappa shape index (κ2) is 7.94. The number of benzene rings is 1. The van der Waals surface area contributed by atoms with Gasteiger partial charge in [0.2, 0.25) is 17.7 Å². The van der Waals surface area contributed by atoms with Gasteiger partial charge < -0.3 is 20.6 Å². The summed E-state index contributed by atoms with van der Waals surface area (Å²) >= 11 is 0. The zero-order chi connectivity index (χ0) is 19.4. The summed E-state index contributed by atoms with van der Waals surface area (Å²) < 4.78 is 13.0. The van der Waals surface area contributed by atoms with Crippen molar-refractivity contribution in [2.24, 2.45) is 5.92 Å². The summed E-state index contributed by atoms with van der Waals surface area (Å²) in [5.74, 6) is -3.65. The molecule has 0 saturated carbocycles. The van der Waals surface area contributed by atoms with Crippen molar-refractivity contribution in [2.75, 3.05) is 11.4 Å². The molecule has 1 aromatic rings. The normalized spacial score (nSPS) is 19.0. The average Bonchev–Trinajstić information content (AvgIpc) is 2.97. The molecule has 1 aliphatic heterocycles. The van der Waals surface area contributed by atoms with Crippen molar-refractivity contribution >= 4 is 29.4 Å². The first-order chi connectivity index (χ1) is 12.2. The molecule has 3 atom stereocenters. The molecule has 3 amide bonds. The summed E-state index contributed by atoms with van der Waals surface area (Å²) in [5, 5.41) is 13.5. The van der Waals surface area contributed by atoms with Crippen LogP contribution >= 0.6 is 0 Å². The third-order valence-corrected chi connectivity index (χ3v) is 4.12. The summed E-state index contributed by atoms with van der Waals surface area (Å²) in [7, 11) is 0. The van der Waals surface area contributed by atoms with Crippen molar-refractivity contribution in [3.8, 4) is 0 Å². The Kier molecular flexibility index (Phi) is 5.91. The van der Waals surface area contributed by atoms with E-state index in [0.29, 0.717) is 5.69 Å². The molecule has 1 heterocycles. The lowest BCUT2D eigenvalue weighted by atomic mass is 10.1. The molecular weight excluding hydrogens is 345 g/mol. The van der Waals surface area contributed by atoms with Crippen molar-refractivity contribution in [3.05, 3.63) is 30.1 Å². The van der Waals surface area contributed by atoms with E-state index in [1.54, 1.807) is 0 Å². The molecule has 1 fully saturated rings. The van der Waals surface area contributed by atoms with Gasteiger partial charge in [0.05, 0.1) is 5.92 Å². The summed E-state index contributed by atoms with van der Waals surface area (Å²) in [4.78, 5) is 48.5. The highest BCUT2D eigenvalue weighted by Crippen LogP contribution is 2.25. The molecular formula is C17H20FN3O5. The Morgan fingerprint density at radius 3 is 2.35 bits per heavy atom. The molecule has 9 heteroatoms. The Bertz CT molecular complexity index is 722. The van der Waals surface area contributed by atoms with Crippen LogP contribution in [0.3, 0.4) is 0 Å². The Balaban J connectivity index is 1.94. The number of aliphatic carboxylic acids is 1. The maximum Gasteiger partial charge on any atom is 0.325 e. The van der Waals surface area contributed by atoms with Crippen LogP contribution in [0.15, 0.2) is 24.3 Å². The van der Waals surface area contributed by atoms with Gasteiger partial charge in [-0.15, -0.1) is 0 Å². The molecule has 2 rings (SSSR count). The predicted molar refractivity (Wildman–Crippen MR) is 89.7 cm³/mol. The number of carboxylic acid groups (broad SMARTS) is 1. The van der Waals surface area contributed by atoms with E-state index in [0.717, 1.165) is 0 Å². The first-order valence-corrected chi connectivity index (χ1v) is 8.08. The van der Waals surface area contributed by atoms with Gasteiger partial charge in [-0.3, -0.25) is 19.2 Å². The van der Waals surface area contributed by atoms with E-state index in [1.165, 1.54) is 43.0 Å². The predicted octanol–water partition coefficient (Wildman–Crippen LogP) is 0.273. The number of rotatable bonds is 6. The van der Waals surface area contributed by atoms with Crippen molar-refractivity contribution in [1.29, 1.82) is 0 Å². The Morgan fingerprint density at radius 1 is 1.15 bits per heavy atom. The first-order valence-electron chi connectivity index (χ1n) is 8.08. The van der Waals surface area contributed by atoms with E-state index in [-0.39, 0.29) is 18.9 Å². The zero-order valence-electron chi connectivity index (χ0n) is 14.4. The maximum atomic E-state index is 13.0. The summed E-state index contributed by atoms with van der Waals surface area (Å²) in [6.45, 7) is 2.86. The lowest BCUT2D eigenvalue weighted by Crippen LogP contribution is -2.50. The summed E-state index contributed by atoms with van der Waals surface area (Å²) in [6, 6.07) is 3.34. The molecule has 140 valence electrons. The van der Waals surface area contributed by atoms with E-state index in [1.807, 2.05) is 0 Å². The van der Waals surface area contributed by atoms with Crippen LogP contribution in [0.4, 0.5) is 10.1 Å². The number of carbonyl (C=O) groups is 4. The van der Waals surface area contributed by atoms with Gasteiger partial charge in [0, 0.05) is 18.7 Å². The van der Waals surface area contributed by atoms with Gasteiger partial charge in [-0.1, -0.05) is 0 Å². The van der Waals surface area contributed by atoms with Crippen LogP contribution in [0.25, 0.3) is 0 Å². The maximum absolute atomic E-state index is 13.0. The van der Waals surface area contributed by atoms with Crippen LogP contribution in [0.1, 0.15) is 20.3 Å². The van der Waals surface area contributed by atoms with Gasteiger partial charge in [0.15, 0.2) is 0 Å². The molecule has 3 unspecified atom stereocenters. The third-order valence-electron chi connectivity index (χ3n) is 4.12. The van der Waals surface area contributed by atoms with Crippen LogP contribution < -0.4 is 15.5 Å². The fourth-order valence-corrected chi connectivity index (χ4v) is 2.55. The van der Waals surface area contributed by atoms with Crippen LogP contribution in [0.5, 0.6) is 0 Å². The van der Waals surface area contributed by atoms with Crippen molar-refractivity contribution < 1.29 is 28.7 Å². The molecule has 3 N–H and O–H groups in total. The number of carboxylic acids is 1. The Morgan fingerprint density at radius 2 is 1.77 bits per heavy atom. The van der Waals surface area contributed by atoms with Crippen LogP contribution in [-0.4, -0.2) is 47.4 Å². The minimum Gasteiger partial charge on any atom is -0.480 e. The lowest BCUT2D eigenvalue weighted by molar-refractivity contribution is -0.141. The standard InChI is InChI=1S/C17H20FN3O5/c1-9(15(23)20-10(2)17(25)26)19-16(24)11-7-14(22)21(8-11)13-5-3-12(18)4-6-13/h3-6,9-11H,7-8H2,1-2H3,(H,19,24)(H,20,23)(H,25,26). The summed E-state index contributed by atoms with van der Waals surface area (Å²) in [6.07, 6.45) is -0.0247. The number of amides is 3. The van der Waals surface area contributed by atoms with Crippen molar-refractivity contribution in [2.45, 2.75) is 32.4 Å². The molecule has 1 aromatic carbocycles. The van der Waals surface area contributed by atoms with E-state index in [2.05, 4.69) is 10.6 Å². The second-order valence-electron chi connectivity index (χ2n) is 6.18. The van der Waals surface area contributed by atoms with Crippen molar-refractivity contribution in [3.63, 3.8) is 0 Å². The first kappa shape index (κ1) is 19.4. The van der Waals surface area contributed by atoms with Crippen molar-refractivity contribution in [1.82, 2.24) is 10.6 Å². The largest absolute Gasteiger partial charge is 0.480 e. The second-order valence-corrected chi connectivity index (χ2v) is 6.18. The molecule has 0 aromatic heterocycles. The van der Waals surface area contributed by atoms with Gasteiger partial charge in [-0.25, -0.2) is 4.39 Å². The fraction of sp³-hybridized carbons (Fsp3) is 0.412. The minimum atomic E-state index is -1.19. The van der Waals surface area contributed by atoms with Crippen LogP contribution in [0.2, 0.25) is 0 Å². The van der Waals surface area contributed by atoms with E-state index >= 15 is 0 Å². The number of halogens is 1. The molecule has 0 bridgehead atoms. The van der Waals surface area contributed by atoms with Crippen LogP contribution in [0, 0.1) is 11.7 Å². The van der Waals surface area contributed by atoms with E-state index in [4.69, 9.17) is 5.11 Å². The SMILES string of the molecule is CC(NC(=O)C(C)NC(=O)C1CC(=O)N(c2ccc(F)cc2)C1)C(=O)O. The number of hydrogen-bond acceptors (Lipinski definition) is 4. The van der Waals surface area contributed by atoms with Gasteiger partial charge in [0.1, 0.15) is 17.9 Å². The highest BCUT2D eigenvalue weighted by Gasteiger charge is 2.36. The highest BCUT2D eigenvalue weighted by molar-refractivity contribution is 6.01. The third kappa shape index (κ3) is 4.56. The number of nitrogens with one attached hydrogen (secondary N) is 2. The number of hydrogen-bond donors (Lipinski definition) is 3. The van der Waals surface area contributed by atoms with Gasteiger partial charge in [-0.2, -0.15) is 0 Å². The minimum absolute atomic E-state index is 0.0247. The van der Waals surface area contributed by atoms with Gasteiger partial charge >= 0.3 is 5.97 Å². The quantitative estimate of drug-likeness (QED) is 0.669. The lowest BCUT2D eigenvalue weighted by Gasteiger charge is -2.19. The van der Waals surface area contributed by atoms with Gasteiger partial charge in [-0.05, 0) is 38.1 Å². The Labute approximate surface area is 149 Å². The van der Waals surface area contributed by atoms with E-state index in [9.17, 15) is 23.6 Å². The smallest absolute Gasteiger partial charge is 0.325 e. The molecule has 0 spiro atoms. The molecule has 0 aliphatic carbocycles. The number of anilines is 1. The van der Waals surface area contributed by atoms with E-state index < -0.39 is 41.6 Å². The average molecular weight is 365 g/mol. The Hall–Kier alpha value is -2.97. The van der Waals surface area contributed by atoms with Crippen LogP contribution in [-0.2, 0) is 19.2 Å². The fourth-order valence-electron chi connectivity index (χ4n) is 2.55. The topological polar surface area (TPSA) is 116 Å². The van der Waals surface area contributed by atoms with Gasteiger partial charge in [0.25, 0.3) is 0 Å². The zero-order valence-corrected chi connectivity index (χ0v) is 14.4.